The zero-order valence-corrected chi connectivity index (χ0v) is 29.8. The maximum Gasteiger partial charge on any atom is 0.305 e. The van der Waals surface area contributed by atoms with Crippen LogP contribution >= 0.6 is 0 Å². The van der Waals surface area contributed by atoms with E-state index in [1.807, 2.05) is 0 Å². The first kappa shape index (κ1) is 44.3. The quantitative estimate of drug-likeness (QED) is 0.0360. The Morgan fingerprint density at radius 1 is 0.478 bits per heavy atom. The van der Waals surface area contributed by atoms with Gasteiger partial charge in [0.2, 0.25) is 0 Å². The molecule has 7 nitrogen and oxygen atoms in total. The molecule has 0 bridgehead atoms. The van der Waals surface area contributed by atoms with E-state index in [1.165, 1.54) is 38.5 Å². The number of rotatable bonds is 34. The van der Waals surface area contributed by atoms with E-state index >= 15 is 0 Å². The summed E-state index contributed by atoms with van der Waals surface area (Å²) in [5.74, 6) is -0.653. The van der Waals surface area contributed by atoms with Crippen molar-refractivity contribution >= 4 is 11.9 Å². The van der Waals surface area contributed by atoms with Crippen molar-refractivity contribution in [3.05, 3.63) is 24.3 Å². The van der Waals surface area contributed by atoms with Crippen molar-refractivity contribution in [2.24, 2.45) is 0 Å². The Balaban J connectivity index is 3.54. The highest BCUT2D eigenvalue weighted by atomic mass is 16.6. The van der Waals surface area contributed by atoms with Gasteiger partial charge in [-0.3, -0.25) is 9.59 Å². The number of unbranched alkanes of at least 4 members (excludes halogenated alkanes) is 16. The third kappa shape index (κ3) is 33.7. The molecule has 0 radical (unpaired) electrons. The molecule has 0 saturated heterocycles. The lowest BCUT2D eigenvalue weighted by molar-refractivity contribution is -0.152. The van der Waals surface area contributed by atoms with Crippen LogP contribution in [0.2, 0.25) is 0 Å². The molecule has 3 N–H and O–H groups in total. The van der Waals surface area contributed by atoms with Gasteiger partial charge in [0.25, 0.3) is 0 Å². The molecule has 2 atom stereocenters. The minimum atomic E-state index is -1.00. The zero-order valence-electron chi connectivity index (χ0n) is 29.8. The number of carbonyl (C=O) groups is 2. The Bertz CT molecular complexity index is 676. The molecule has 46 heavy (non-hydrogen) atoms. The fourth-order valence-electron chi connectivity index (χ4n) is 5.29. The Kier molecular flexibility index (Phi) is 33.3. The molecule has 0 aliphatic carbocycles. The molecule has 0 unspecified atom stereocenters. The van der Waals surface area contributed by atoms with Crippen LogP contribution in [0.3, 0.4) is 0 Å². The van der Waals surface area contributed by atoms with Gasteiger partial charge in [-0.2, -0.15) is 0 Å². The van der Waals surface area contributed by atoms with Gasteiger partial charge < -0.3 is 24.8 Å². The predicted octanol–water partition coefficient (Wildman–Crippen LogP) is 9.45. The summed E-state index contributed by atoms with van der Waals surface area (Å²) >= 11 is 0. The third-order valence-corrected chi connectivity index (χ3v) is 8.31. The highest BCUT2D eigenvalue weighted by molar-refractivity contribution is 5.69. The average Bonchev–Trinajstić information content (AvgIpc) is 3.04. The van der Waals surface area contributed by atoms with Gasteiger partial charge >= 0.3 is 11.9 Å². The molecule has 0 aliphatic rings. The van der Waals surface area contributed by atoms with E-state index in [4.69, 9.17) is 9.47 Å². The van der Waals surface area contributed by atoms with Gasteiger partial charge in [-0.1, -0.05) is 128 Å². The number of carbonyl (C=O) groups excluding carboxylic acids is 2. The van der Waals surface area contributed by atoms with Gasteiger partial charge in [-0.05, 0) is 64.2 Å². The summed E-state index contributed by atoms with van der Waals surface area (Å²) in [6.07, 6.45) is 32.8. The molecule has 0 saturated carbocycles. The number of hydrogen-bond donors (Lipinski definition) is 3. The van der Waals surface area contributed by atoms with Crippen LogP contribution in [-0.4, -0.2) is 58.8 Å². The van der Waals surface area contributed by atoms with Crippen molar-refractivity contribution in [2.45, 2.75) is 199 Å². The number of ether oxygens (including phenoxy) is 2. The van der Waals surface area contributed by atoms with Gasteiger partial charge in [-0.15, -0.1) is 0 Å². The summed E-state index contributed by atoms with van der Waals surface area (Å²) in [5, 5.41) is 30.0. The summed E-state index contributed by atoms with van der Waals surface area (Å²) in [6.45, 7) is 4.08. The lowest BCUT2D eigenvalue weighted by atomic mass is 10.1. The van der Waals surface area contributed by atoms with E-state index in [1.54, 1.807) is 0 Å². The monoisotopic (exact) mass is 653 g/mol. The van der Waals surface area contributed by atoms with Crippen LogP contribution in [0.25, 0.3) is 0 Å². The topological polar surface area (TPSA) is 113 Å². The van der Waals surface area contributed by atoms with Gasteiger partial charge in [0.1, 0.15) is 19.3 Å². The lowest BCUT2D eigenvalue weighted by Gasteiger charge is -2.12. The minimum absolute atomic E-state index is 0.155. The number of aliphatic hydroxyl groups excluding tert-OH is 3. The second kappa shape index (κ2) is 34.6. The molecule has 0 aromatic heterocycles. The summed E-state index contributed by atoms with van der Waals surface area (Å²) in [7, 11) is 0. The van der Waals surface area contributed by atoms with Crippen molar-refractivity contribution < 1.29 is 34.4 Å². The molecule has 0 aromatic carbocycles. The summed E-state index contributed by atoms with van der Waals surface area (Å²) in [6, 6.07) is 0. The van der Waals surface area contributed by atoms with E-state index in [2.05, 4.69) is 38.2 Å². The smallest absolute Gasteiger partial charge is 0.305 e. The Morgan fingerprint density at radius 3 is 1.26 bits per heavy atom. The molecule has 7 heteroatoms. The number of allylic oxidation sites excluding steroid dienone is 2. The van der Waals surface area contributed by atoms with E-state index in [-0.39, 0.29) is 37.4 Å². The van der Waals surface area contributed by atoms with E-state index in [9.17, 15) is 24.9 Å². The Morgan fingerprint density at radius 2 is 0.848 bits per heavy atom. The maximum absolute atomic E-state index is 11.9. The molecule has 0 amide bonds. The maximum atomic E-state index is 11.9. The van der Waals surface area contributed by atoms with Crippen LogP contribution < -0.4 is 0 Å². The molecule has 0 aromatic rings. The van der Waals surface area contributed by atoms with Gasteiger partial charge in [0, 0.05) is 12.8 Å². The third-order valence-electron chi connectivity index (χ3n) is 8.31. The fourth-order valence-corrected chi connectivity index (χ4v) is 5.29. The van der Waals surface area contributed by atoms with E-state index < -0.39 is 6.10 Å². The number of aliphatic hydroxyl groups is 3. The lowest BCUT2D eigenvalue weighted by Crippen LogP contribution is -2.25. The van der Waals surface area contributed by atoms with Crippen LogP contribution in [0.4, 0.5) is 0 Å². The largest absolute Gasteiger partial charge is 0.463 e. The first-order valence-corrected chi connectivity index (χ1v) is 19.0. The van der Waals surface area contributed by atoms with Crippen molar-refractivity contribution in [1.82, 2.24) is 0 Å². The van der Waals surface area contributed by atoms with Crippen molar-refractivity contribution in [3.8, 4) is 0 Å². The van der Waals surface area contributed by atoms with Gasteiger partial charge in [0.15, 0.2) is 0 Å². The summed E-state index contributed by atoms with van der Waals surface area (Å²) in [5.41, 5.74) is 0. The highest BCUT2D eigenvalue weighted by Crippen LogP contribution is 2.13. The van der Waals surface area contributed by atoms with E-state index in [0.717, 1.165) is 116 Å². The Hall–Kier alpha value is -1.70. The van der Waals surface area contributed by atoms with Crippen LogP contribution in [-0.2, 0) is 19.1 Å². The normalized spacial score (nSPS) is 13.2. The van der Waals surface area contributed by atoms with Crippen LogP contribution in [0.15, 0.2) is 24.3 Å². The predicted molar refractivity (Wildman–Crippen MR) is 190 cm³/mol. The molecular formula is C39H72O7. The van der Waals surface area contributed by atoms with Crippen molar-refractivity contribution in [3.63, 3.8) is 0 Å². The molecule has 270 valence electrons. The fraction of sp³-hybridized carbons (Fsp3) is 0.846. The highest BCUT2D eigenvalue weighted by Gasteiger charge is 2.12. The van der Waals surface area contributed by atoms with Crippen molar-refractivity contribution in [2.75, 3.05) is 13.2 Å². The summed E-state index contributed by atoms with van der Waals surface area (Å²) in [4.78, 5) is 23.9. The number of hydrogen-bond acceptors (Lipinski definition) is 7. The molecule has 0 aliphatic heterocycles. The molecule has 0 rings (SSSR count). The molecular weight excluding hydrogens is 580 g/mol. The second-order valence-corrected chi connectivity index (χ2v) is 13.1. The van der Waals surface area contributed by atoms with Gasteiger partial charge in [-0.25, -0.2) is 0 Å². The standard InChI is InChI=1S/C39H72O7/c1-3-5-7-21-27-35(40)29-23-17-13-9-11-15-19-25-31-38(43)45-33-37(42)34-46-39(44)32-26-20-16-12-10-14-18-24-30-36(41)28-22-8-6-4-2/h17-18,23-24,35-37,40-42H,3-16,19-22,25-34H2,1-2H3/b23-17+,24-18+/t35-,36-/m1/s1. The number of esters is 2. The minimum Gasteiger partial charge on any atom is -0.463 e. The van der Waals surface area contributed by atoms with Crippen LogP contribution in [0.1, 0.15) is 181 Å². The average molecular weight is 653 g/mol. The van der Waals surface area contributed by atoms with Crippen LogP contribution in [0.5, 0.6) is 0 Å². The van der Waals surface area contributed by atoms with E-state index in [0.29, 0.717) is 12.8 Å². The first-order valence-electron chi connectivity index (χ1n) is 19.0. The second-order valence-electron chi connectivity index (χ2n) is 13.1. The van der Waals surface area contributed by atoms with Crippen LogP contribution in [0, 0.1) is 0 Å². The molecule has 0 fully saturated rings. The zero-order chi connectivity index (χ0) is 33.9. The SMILES string of the molecule is CCCCCC[C@@H](O)C/C=C/CCCCCCCC(=O)OCC(O)COC(=O)CCCCCCC/C=C/C[C@H](O)CCCCCC. The first-order chi connectivity index (χ1) is 22.4. The molecule has 0 heterocycles. The molecule has 0 spiro atoms. The van der Waals surface area contributed by atoms with Crippen molar-refractivity contribution in [1.29, 1.82) is 0 Å². The Labute approximate surface area is 282 Å². The van der Waals surface area contributed by atoms with Gasteiger partial charge in [0.05, 0.1) is 12.2 Å². The summed E-state index contributed by atoms with van der Waals surface area (Å²) < 4.78 is 10.3.